The fraction of sp³-hybridized carbons (Fsp3) is 0.333. The van der Waals surface area contributed by atoms with Gasteiger partial charge in [0.05, 0.1) is 19.4 Å². The highest BCUT2D eigenvalue weighted by Gasteiger charge is 2.28. The Balaban J connectivity index is 1.78. The molecular weight excluding hydrogens is 230 g/mol. The highest BCUT2D eigenvalue weighted by molar-refractivity contribution is 5.90. The lowest BCUT2D eigenvalue weighted by Gasteiger charge is -2.06. The summed E-state index contributed by atoms with van der Waals surface area (Å²) in [6, 6.07) is 7.89. The van der Waals surface area contributed by atoms with Gasteiger partial charge in [0.15, 0.2) is 5.82 Å². The third-order valence-corrected chi connectivity index (χ3v) is 3.10. The number of nitrogens with zero attached hydrogens (tertiary/aromatic N) is 4. The number of hydrogen-bond acceptors (Lipinski definition) is 5. The smallest absolute Gasteiger partial charge is 0.182 e. The standard InChI is InChI=1S/C12H13N5O/c1-17-15-12(14-16-17)6-11(18)9-7-13-10-5-3-2-4-8(9)10/h2-5,9,13H,6-7H2,1H3. The van der Waals surface area contributed by atoms with E-state index >= 15 is 0 Å². The van der Waals surface area contributed by atoms with Gasteiger partial charge in [-0.2, -0.15) is 4.80 Å². The molecule has 1 aliphatic rings. The molecule has 1 aliphatic heterocycles. The Kier molecular flexibility index (Phi) is 2.55. The van der Waals surface area contributed by atoms with Crippen molar-refractivity contribution in [1.82, 2.24) is 20.2 Å². The zero-order valence-corrected chi connectivity index (χ0v) is 10.00. The number of fused-ring (bicyclic) bond motifs is 1. The van der Waals surface area contributed by atoms with Gasteiger partial charge in [0.25, 0.3) is 0 Å². The predicted octanol–water partition coefficient (Wildman–Crippen LogP) is 0.531. The van der Waals surface area contributed by atoms with E-state index in [4.69, 9.17) is 0 Å². The van der Waals surface area contributed by atoms with Crippen LogP contribution in [0.5, 0.6) is 0 Å². The van der Waals surface area contributed by atoms with E-state index in [0.29, 0.717) is 12.4 Å². The average molecular weight is 243 g/mol. The number of carbonyl (C=O) groups excluding carboxylic acids is 1. The second kappa shape index (κ2) is 4.21. The molecule has 1 aromatic heterocycles. The van der Waals surface area contributed by atoms with Crippen molar-refractivity contribution in [2.75, 3.05) is 11.9 Å². The van der Waals surface area contributed by atoms with Crippen molar-refractivity contribution in [3.8, 4) is 0 Å². The van der Waals surface area contributed by atoms with Gasteiger partial charge < -0.3 is 5.32 Å². The molecule has 0 radical (unpaired) electrons. The van der Waals surface area contributed by atoms with Crippen LogP contribution < -0.4 is 5.32 Å². The van der Waals surface area contributed by atoms with Crippen molar-refractivity contribution in [1.29, 1.82) is 0 Å². The number of benzene rings is 1. The Morgan fingerprint density at radius 3 is 3.11 bits per heavy atom. The number of aryl methyl sites for hydroxylation is 1. The van der Waals surface area contributed by atoms with Crippen LogP contribution in [0, 0.1) is 0 Å². The monoisotopic (exact) mass is 243 g/mol. The Morgan fingerprint density at radius 2 is 2.33 bits per heavy atom. The minimum absolute atomic E-state index is 0.106. The molecule has 0 bridgehead atoms. The molecule has 18 heavy (non-hydrogen) atoms. The quantitative estimate of drug-likeness (QED) is 0.851. The van der Waals surface area contributed by atoms with Crippen LogP contribution in [0.25, 0.3) is 0 Å². The van der Waals surface area contributed by atoms with Crippen LogP contribution in [0.1, 0.15) is 17.3 Å². The summed E-state index contributed by atoms with van der Waals surface area (Å²) in [5.41, 5.74) is 2.11. The normalized spacial score (nSPS) is 17.3. The first kappa shape index (κ1) is 10.9. The van der Waals surface area contributed by atoms with E-state index in [1.54, 1.807) is 7.05 Å². The number of carbonyl (C=O) groups is 1. The number of nitrogens with one attached hydrogen (secondary N) is 1. The molecule has 6 nitrogen and oxygen atoms in total. The van der Waals surface area contributed by atoms with Gasteiger partial charge in [0.2, 0.25) is 0 Å². The summed E-state index contributed by atoms with van der Waals surface area (Å²) in [5.74, 6) is 0.498. The lowest BCUT2D eigenvalue weighted by molar-refractivity contribution is -0.119. The predicted molar refractivity (Wildman–Crippen MR) is 65.2 cm³/mol. The molecule has 1 aromatic carbocycles. The van der Waals surface area contributed by atoms with E-state index < -0.39 is 0 Å². The van der Waals surface area contributed by atoms with Gasteiger partial charge in [-0.05, 0) is 16.8 Å². The topological polar surface area (TPSA) is 72.7 Å². The van der Waals surface area contributed by atoms with Gasteiger partial charge in [-0.15, -0.1) is 10.2 Å². The van der Waals surface area contributed by atoms with Crippen LogP contribution in [-0.2, 0) is 18.3 Å². The van der Waals surface area contributed by atoms with Gasteiger partial charge in [-0.25, -0.2) is 0 Å². The molecule has 1 unspecified atom stereocenters. The largest absolute Gasteiger partial charge is 0.384 e. The van der Waals surface area contributed by atoms with Crippen molar-refractivity contribution in [3.63, 3.8) is 0 Å². The Hall–Kier alpha value is -2.24. The fourth-order valence-electron chi connectivity index (χ4n) is 2.24. The summed E-state index contributed by atoms with van der Waals surface area (Å²) in [6.45, 7) is 0.651. The van der Waals surface area contributed by atoms with Crippen molar-refractivity contribution in [3.05, 3.63) is 35.7 Å². The first-order valence-electron chi connectivity index (χ1n) is 5.82. The van der Waals surface area contributed by atoms with Gasteiger partial charge >= 0.3 is 0 Å². The van der Waals surface area contributed by atoms with Gasteiger partial charge in [-0.1, -0.05) is 18.2 Å². The number of aromatic nitrogens is 4. The van der Waals surface area contributed by atoms with Crippen LogP contribution in [0.3, 0.4) is 0 Å². The highest BCUT2D eigenvalue weighted by Crippen LogP contribution is 2.31. The maximum atomic E-state index is 12.2. The molecule has 0 spiro atoms. The van der Waals surface area contributed by atoms with Crippen LogP contribution in [0.15, 0.2) is 24.3 Å². The third-order valence-electron chi connectivity index (χ3n) is 3.10. The average Bonchev–Trinajstić information content (AvgIpc) is 2.95. The molecule has 1 N–H and O–H groups in total. The minimum Gasteiger partial charge on any atom is -0.384 e. The Morgan fingerprint density at radius 1 is 1.50 bits per heavy atom. The summed E-state index contributed by atoms with van der Waals surface area (Å²) in [4.78, 5) is 13.6. The molecular formula is C12H13N5O. The molecule has 0 fully saturated rings. The second-order valence-electron chi connectivity index (χ2n) is 4.36. The van der Waals surface area contributed by atoms with Crippen LogP contribution in [0.4, 0.5) is 5.69 Å². The van der Waals surface area contributed by atoms with Crippen molar-refractivity contribution < 1.29 is 4.79 Å². The van der Waals surface area contributed by atoms with E-state index in [2.05, 4.69) is 20.7 Å². The fourth-order valence-corrected chi connectivity index (χ4v) is 2.24. The van der Waals surface area contributed by atoms with Gasteiger partial charge in [-0.3, -0.25) is 4.79 Å². The number of rotatable bonds is 3. The number of hydrogen-bond donors (Lipinski definition) is 1. The molecule has 0 amide bonds. The summed E-state index contributed by atoms with van der Waals surface area (Å²) >= 11 is 0. The second-order valence-corrected chi connectivity index (χ2v) is 4.36. The summed E-state index contributed by atoms with van der Waals surface area (Å²) < 4.78 is 0. The van der Waals surface area contributed by atoms with Crippen LogP contribution in [-0.4, -0.2) is 32.5 Å². The molecule has 2 aromatic rings. The van der Waals surface area contributed by atoms with E-state index in [0.717, 1.165) is 11.3 Å². The molecule has 0 aliphatic carbocycles. The first-order chi connectivity index (χ1) is 8.74. The lowest BCUT2D eigenvalue weighted by Crippen LogP contribution is -2.17. The van der Waals surface area contributed by atoms with Crippen LogP contribution in [0.2, 0.25) is 0 Å². The van der Waals surface area contributed by atoms with Crippen molar-refractivity contribution in [2.24, 2.45) is 7.05 Å². The van der Waals surface area contributed by atoms with Gasteiger partial charge in [0.1, 0.15) is 5.78 Å². The summed E-state index contributed by atoms with van der Waals surface area (Å²) in [5, 5.41) is 14.8. The first-order valence-corrected chi connectivity index (χ1v) is 5.82. The molecule has 2 heterocycles. The van der Waals surface area contributed by atoms with Crippen LogP contribution >= 0.6 is 0 Å². The van der Waals surface area contributed by atoms with E-state index in [1.165, 1.54) is 4.80 Å². The maximum Gasteiger partial charge on any atom is 0.182 e. The highest BCUT2D eigenvalue weighted by atomic mass is 16.1. The summed E-state index contributed by atoms with van der Waals surface area (Å²) in [7, 11) is 1.69. The zero-order chi connectivity index (χ0) is 12.5. The molecule has 0 saturated heterocycles. The molecule has 92 valence electrons. The number of tetrazole rings is 1. The number of Topliss-reactive ketones (excluding diaryl/α,β-unsaturated/α-hetero) is 1. The van der Waals surface area contributed by atoms with Gasteiger partial charge in [0, 0.05) is 12.2 Å². The van der Waals surface area contributed by atoms with E-state index in [9.17, 15) is 4.79 Å². The van der Waals surface area contributed by atoms with Crippen molar-refractivity contribution >= 4 is 11.5 Å². The third kappa shape index (κ3) is 1.85. The Bertz CT molecular complexity index is 592. The maximum absolute atomic E-state index is 12.2. The number of ketones is 1. The summed E-state index contributed by atoms with van der Waals surface area (Å²) in [6.07, 6.45) is 0.231. The van der Waals surface area contributed by atoms with E-state index in [1.807, 2.05) is 24.3 Å². The molecule has 0 saturated carbocycles. The van der Waals surface area contributed by atoms with Crippen molar-refractivity contribution in [2.45, 2.75) is 12.3 Å². The SMILES string of the molecule is Cn1nnc(CC(=O)C2CNc3ccccc32)n1. The molecule has 3 rings (SSSR count). The Labute approximate surface area is 104 Å². The number of anilines is 1. The molecule has 1 atom stereocenters. The zero-order valence-electron chi connectivity index (χ0n) is 10.00. The minimum atomic E-state index is -0.106. The lowest BCUT2D eigenvalue weighted by atomic mass is 9.95. The van der Waals surface area contributed by atoms with E-state index in [-0.39, 0.29) is 18.1 Å². The number of para-hydroxylation sites is 1. The molecule has 6 heteroatoms.